The Morgan fingerprint density at radius 3 is 2.29 bits per heavy atom. The Hall–Kier alpha value is -2.73. The van der Waals surface area contributed by atoms with Crippen LogP contribution in [0.15, 0.2) is 36.4 Å². The first-order chi connectivity index (χ1) is 13.2. The molecule has 0 atom stereocenters. The molecule has 0 fully saturated rings. The van der Waals surface area contributed by atoms with Crippen molar-refractivity contribution < 1.29 is 19.1 Å². The molecule has 0 saturated heterocycles. The fraction of sp³-hybridized carbons (Fsp3) is 0.333. The van der Waals surface area contributed by atoms with Gasteiger partial charge >= 0.3 is 0 Å². The van der Waals surface area contributed by atoms with Crippen molar-refractivity contribution in [1.29, 1.82) is 0 Å². The van der Waals surface area contributed by atoms with E-state index in [0.717, 1.165) is 0 Å². The number of amides is 2. The maximum Gasteiger partial charge on any atom is 0.255 e. The highest BCUT2D eigenvalue weighted by Gasteiger charge is 2.17. The van der Waals surface area contributed by atoms with Gasteiger partial charge in [0.05, 0.1) is 24.5 Å². The number of rotatable bonds is 7. The summed E-state index contributed by atoms with van der Waals surface area (Å²) in [6.07, 6.45) is -0.0259. The SMILES string of the molecule is COc1cc(C(=O)Nc2cc(Cl)ccc2C(=O)NC(C)C)ccc1OC(C)C. The largest absolute Gasteiger partial charge is 0.493 e. The number of hydrogen-bond acceptors (Lipinski definition) is 4. The first kappa shape index (κ1) is 21.6. The Labute approximate surface area is 170 Å². The number of hydrogen-bond donors (Lipinski definition) is 2. The van der Waals surface area contributed by atoms with Crippen molar-refractivity contribution in [2.45, 2.75) is 39.8 Å². The Balaban J connectivity index is 2.29. The van der Waals surface area contributed by atoms with E-state index in [4.69, 9.17) is 21.1 Å². The van der Waals surface area contributed by atoms with Gasteiger partial charge in [0, 0.05) is 16.6 Å². The zero-order valence-electron chi connectivity index (χ0n) is 16.6. The lowest BCUT2D eigenvalue weighted by atomic mass is 10.1. The average molecular weight is 405 g/mol. The van der Waals surface area contributed by atoms with E-state index in [-0.39, 0.29) is 18.1 Å². The lowest BCUT2D eigenvalue weighted by Crippen LogP contribution is -2.31. The van der Waals surface area contributed by atoms with Gasteiger partial charge in [-0.05, 0) is 64.1 Å². The highest BCUT2D eigenvalue weighted by molar-refractivity contribution is 6.31. The van der Waals surface area contributed by atoms with Gasteiger partial charge in [-0.15, -0.1) is 0 Å². The van der Waals surface area contributed by atoms with Crippen LogP contribution in [-0.4, -0.2) is 31.1 Å². The summed E-state index contributed by atoms with van der Waals surface area (Å²) < 4.78 is 11.0. The summed E-state index contributed by atoms with van der Waals surface area (Å²) in [5, 5.41) is 5.97. The number of carbonyl (C=O) groups excluding carboxylic acids is 2. The molecular weight excluding hydrogens is 380 g/mol. The number of halogens is 1. The Bertz CT molecular complexity index is 865. The molecule has 0 aliphatic heterocycles. The zero-order valence-corrected chi connectivity index (χ0v) is 17.4. The van der Waals surface area contributed by atoms with Gasteiger partial charge in [0.25, 0.3) is 11.8 Å². The molecule has 0 aliphatic carbocycles. The Morgan fingerprint density at radius 1 is 0.964 bits per heavy atom. The predicted molar refractivity (Wildman–Crippen MR) is 111 cm³/mol. The highest BCUT2D eigenvalue weighted by Crippen LogP contribution is 2.30. The van der Waals surface area contributed by atoms with Crippen molar-refractivity contribution in [1.82, 2.24) is 5.32 Å². The molecule has 0 aromatic heterocycles. The molecule has 0 saturated carbocycles. The third-order valence-electron chi connectivity index (χ3n) is 3.68. The van der Waals surface area contributed by atoms with Gasteiger partial charge < -0.3 is 20.1 Å². The highest BCUT2D eigenvalue weighted by atomic mass is 35.5. The quantitative estimate of drug-likeness (QED) is 0.711. The number of methoxy groups -OCH3 is 1. The van der Waals surface area contributed by atoms with Gasteiger partial charge in [-0.3, -0.25) is 9.59 Å². The van der Waals surface area contributed by atoms with Crippen molar-refractivity contribution in [2.75, 3.05) is 12.4 Å². The van der Waals surface area contributed by atoms with Crippen LogP contribution >= 0.6 is 11.6 Å². The van der Waals surface area contributed by atoms with Gasteiger partial charge in [0.15, 0.2) is 11.5 Å². The summed E-state index contributed by atoms with van der Waals surface area (Å²) in [5.74, 6) is 0.314. The molecule has 0 bridgehead atoms. The Morgan fingerprint density at radius 2 is 1.68 bits per heavy atom. The van der Waals surface area contributed by atoms with Crippen molar-refractivity contribution in [3.05, 3.63) is 52.5 Å². The normalized spacial score (nSPS) is 10.7. The summed E-state index contributed by atoms with van der Waals surface area (Å²) in [6.45, 7) is 7.53. The van der Waals surface area contributed by atoms with Crippen LogP contribution in [0.25, 0.3) is 0 Å². The molecule has 0 heterocycles. The third kappa shape index (κ3) is 5.63. The molecule has 6 nitrogen and oxygen atoms in total. The summed E-state index contributed by atoms with van der Waals surface area (Å²) in [4.78, 5) is 25.2. The van der Waals surface area contributed by atoms with Crippen molar-refractivity contribution in [2.24, 2.45) is 0 Å². The number of nitrogens with one attached hydrogen (secondary N) is 2. The van der Waals surface area contributed by atoms with E-state index in [1.165, 1.54) is 7.11 Å². The average Bonchev–Trinajstić information content (AvgIpc) is 2.60. The monoisotopic (exact) mass is 404 g/mol. The molecular formula is C21H25ClN2O4. The first-order valence-corrected chi connectivity index (χ1v) is 9.35. The molecule has 150 valence electrons. The van der Waals surface area contributed by atoms with Gasteiger partial charge in [-0.25, -0.2) is 0 Å². The summed E-state index contributed by atoms with van der Waals surface area (Å²) in [6, 6.07) is 9.59. The second kappa shape index (κ2) is 9.46. The molecule has 0 aliphatic rings. The van der Waals surface area contributed by atoms with Crippen molar-refractivity contribution in [3.8, 4) is 11.5 Å². The maximum absolute atomic E-state index is 12.7. The molecule has 2 N–H and O–H groups in total. The smallest absolute Gasteiger partial charge is 0.255 e. The molecule has 2 rings (SSSR count). The minimum absolute atomic E-state index is 0.0259. The van der Waals surface area contributed by atoms with E-state index >= 15 is 0 Å². The molecule has 2 amide bonds. The molecule has 0 spiro atoms. The van der Waals surface area contributed by atoms with Crippen LogP contribution < -0.4 is 20.1 Å². The minimum Gasteiger partial charge on any atom is -0.493 e. The van der Waals surface area contributed by atoms with Crippen LogP contribution in [0, 0.1) is 0 Å². The number of ether oxygens (including phenoxy) is 2. The van der Waals surface area contributed by atoms with Crippen LogP contribution in [0.3, 0.4) is 0 Å². The molecule has 2 aromatic rings. The molecule has 28 heavy (non-hydrogen) atoms. The van der Waals surface area contributed by atoms with E-state index in [2.05, 4.69) is 10.6 Å². The lowest BCUT2D eigenvalue weighted by molar-refractivity contribution is 0.0944. The second-order valence-electron chi connectivity index (χ2n) is 6.80. The van der Waals surface area contributed by atoms with Crippen LogP contribution in [-0.2, 0) is 0 Å². The fourth-order valence-electron chi connectivity index (χ4n) is 2.51. The first-order valence-electron chi connectivity index (χ1n) is 8.97. The van der Waals surface area contributed by atoms with E-state index in [1.807, 2.05) is 27.7 Å². The maximum atomic E-state index is 12.7. The van der Waals surface area contributed by atoms with Crippen molar-refractivity contribution >= 4 is 29.1 Å². The fourth-order valence-corrected chi connectivity index (χ4v) is 2.68. The van der Waals surface area contributed by atoms with E-state index < -0.39 is 5.91 Å². The van der Waals surface area contributed by atoms with Gasteiger partial charge in [-0.2, -0.15) is 0 Å². The minimum atomic E-state index is -0.393. The van der Waals surface area contributed by atoms with Crippen molar-refractivity contribution in [3.63, 3.8) is 0 Å². The van der Waals surface area contributed by atoms with E-state index in [9.17, 15) is 9.59 Å². The third-order valence-corrected chi connectivity index (χ3v) is 3.92. The molecule has 2 aromatic carbocycles. The summed E-state index contributed by atoms with van der Waals surface area (Å²) >= 11 is 6.05. The standard InChI is InChI=1S/C21H25ClN2O4/c1-12(2)23-21(26)16-8-7-15(22)11-17(16)24-20(25)14-6-9-18(28-13(3)4)19(10-14)27-5/h6-13H,1-5H3,(H,23,26)(H,24,25). The van der Waals surface area contributed by atoms with Crippen LogP contribution in [0.4, 0.5) is 5.69 Å². The Kier molecular flexibility index (Phi) is 7.29. The summed E-state index contributed by atoms with van der Waals surface area (Å²) in [5.41, 5.74) is 1.03. The van der Waals surface area contributed by atoms with Crippen LogP contribution in [0.5, 0.6) is 11.5 Å². The molecule has 0 unspecified atom stereocenters. The number of carbonyl (C=O) groups is 2. The van der Waals surface area contributed by atoms with Gasteiger partial charge in [-0.1, -0.05) is 11.6 Å². The lowest BCUT2D eigenvalue weighted by Gasteiger charge is -2.16. The molecule has 0 radical (unpaired) electrons. The second-order valence-corrected chi connectivity index (χ2v) is 7.24. The number of benzene rings is 2. The van der Waals surface area contributed by atoms with Crippen LogP contribution in [0.2, 0.25) is 5.02 Å². The predicted octanol–water partition coefficient (Wildman–Crippen LogP) is 4.53. The van der Waals surface area contributed by atoms with Gasteiger partial charge in [0.1, 0.15) is 0 Å². The van der Waals surface area contributed by atoms with Crippen LogP contribution in [0.1, 0.15) is 48.4 Å². The summed E-state index contributed by atoms with van der Waals surface area (Å²) in [7, 11) is 1.51. The van der Waals surface area contributed by atoms with Gasteiger partial charge in [0.2, 0.25) is 0 Å². The van der Waals surface area contributed by atoms with E-state index in [1.54, 1.807) is 36.4 Å². The molecule has 7 heteroatoms. The van der Waals surface area contributed by atoms with E-state index in [0.29, 0.717) is 33.3 Å². The number of anilines is 1. The zero-order chi connectivity index (χ0) is 20.8. The topological polar surface area (TPSA) is 76.7 Å².